The molecule has 1 aromatic heterocycles. The van der Waals surface area contributed by atoms with Crippen LogP contribution < -0.4 is 4.74 Å². The van der Waals surface area contributed by atoms with E-state index in [0.29, 0.717) is 12.3 Å². The summed E-state index contributed by atoms with van der Waals surface area (Å²) in [5, 5.41) is -0.0993. The standard InChI is InChI=1S/C13H12ClIN2O/c1-18-13-7-9(16-8-17-13)6-11(14)10-4-2-3-5-12(10)15/h2-5,7-8,11H,6H2,1H3. The Labute approximate surface area is 125 Å². The molecule has 18 heavy (non-hydrogen) atoms. The van der Waals surface area contributed by atoms with Gasteiger partial charge in [0.15, 0.2) is 0 Å². The van der Waals surface area contributed by atoms with E-state index in [1.54, 1.807) is 7.11 Å². The normalized spacial score (nSPS) is 12.2. The van der Waals surface area contributed by atoms with Gasteiger partial charge in [-0.3, -0.25) is 0 Å². The fourth-order valence-corrected chi connectivity index (χ4v) is 2.92. The molecule has 0 saturated heterocycles. The van der Waals surface area contributed by atoms with Gasteiger partial charge in [0.05, 0.1) is 12.5 Å². The van der Waals surface area contributed by atoms with E-state index in [1.807, 2.05) is 30.3 Å². The number of alkyl halides is 1. The molecule has 0 aliphatic carbocycles. The molecule has 0 radical (unpaired) electrons. The molecule has 1 heterocycles. The summed E-state index contributed by atoms with van der Waals surface area (Å²) in [5.74, 6) is 0.562. The third-order valence-electron chi connectivity index (χ3n) is 2.54. The lowest BCUT2D eigenvalue weighted by Gasteiger charge is -2.11. The molecule has 0 aliphatic rings. The fourth-order valence-electron chi connectivity index (χ4n) is 1.62. The molecule has 1 aromatic carbocycles. The summed E-state index contributed by atoms with van der Waals surface area (Å²) in [5.41, 5.74) is 2.00. The van der Waals surface area contributed by atoms with Gasteiger partial charge in [-0.2, -0.15) is 0 Å². The highest BCUT2D eigenvalue weighted by atomic mass is 127. The van der Waals surface area contributed by atoms with E-state index in [9.17, 15) is 0 Å². The highest BCUT2D eigenvalue weighted by molar-refractivity contribution is 14.1. The largest absolute Gasteiger partial charge is 0.481 e. The summed E-state index contributed by atoms with van der Waals surface area (Å²) in [6.07, 6.45) is 2.15. The number of ether oxygens (including phenoxy) is 1. The summed E-state index contributed by atoms with van der Waals surface area (Å²) < 4.78 is 6.23. The molecule has 0 spiro atoms. The first-order chi connectivity index (χ1) is 8.70. The second-order valence-electron chi connectivity index (χ2n) is 3.74. The zero-order valence-corrected chi connectivity index (χ0v) is 12.7. The van der Waals surface area contributed by atoms with Gasteiger partial charge >= 0.3 is 0 Å². The van der Waals surface area contributed by atoms with Crippen LogP contribution in [0.2, 0.25) is 0 Å². The molecule has 0 aliphatic heterocycles. The Kier molecular flexibility index (Phi) is 4.77. The quantitative estimate of drug-likeness (QED) is 0.606. The van der Waals surface area contributed by atoms with Crippen LogP contribution in [0.4, 0.5) is 0 Å². The number of rotatable bonds is 4. The summed E-state index contributed by atoms with van der Waals surface area (Å²) in [7, 11) is 1.59. The maximum Gasteiger partial charge on any atom is 0.216 e. The number of methoxy groups -OCH3 is 1. The third-order valence-corrected chi connectivity index (χ3v) is 3.91. The van der Waals surface area contributed by atoms with Crippen LogP contribution in [0.5, 0.6) is 5.88 Å². The molecule has 0 bridgehead atoms. The van der Waals surface area contributed by atoms with Gasteiger partial charge in [-0.15, -0.1) is 11.6 Å². The van der Waals surface area contributed by atoms with Gasteiger partial charge in [-0.1, -0.05) is 18.2 Å². The van der Waals surface area contributed by atoms with Gasteiger partial charge in [0.2, 0.25) is 5.88 Å². The number of halogens is 2. The Morgan fingerprint density at radius 1 is 1.33 bits per heavy atom. The summed E-state index contributed by atoms with van der Waals surface area (Å²) in [6.45, 7) is 0. The average Bonchev–Trinajstić information content (AvgIpc) is 2.39. The SMILES string of the molecule is COc1cc(CC(Cl)c2ccccc2I)ncn1. The van der Waals surface area contributed by atoms with Gasteiger partial charge in [-0.05, 0) is 34.2 Å². The smallest absolute Gasteiger partial charge is 0.216 e. The van der Waals surface area contributed by atoms with Gasteiger partial charge in [0.1, 0.15) is 6.33 Å². The number of hydrogen-bond donors (Lipinski definition) is 0. The van der Waals surface area contributed by atoms with Gasteiger partial charge in [0.25, 0.3) is 0 Å². The first-order valence-corrected chi connectivity index (χ1v) is 6.95. The van der Waals surface area contributed by atoms with E-state index in [0.717, 1.165) is 14.8 Å². The predicted octanol–water partition coefficient (Wildman–Crippen LogP) is 3.61. The number of benzene rings is 1. The minimum absolute atomic E-state index is 0.0993. The maximum absolute atomic E-state index is 6.44. The number of nitrogens with zero attached hydrogens (tertiary/aromatic N) is 2. The Hall–Kier alpha value is -0.880. The van der Waals surface area contributed by atoms with Crippen molar-refractivity contribution in [3.8, 4) is 5.88 Å². The monoisotopic (exact) mass is 374 g/mol. The minimum atomic E-state index is -0.0993. The van der Waals surface area contributed by atoms with E-state index in [2.05, 4.69) is 32.6 Å². The van der Waals surface area contributed by atoms with Crippen molar-refractivity contribution < 1.29 is 4.74 Å². The van der Waals surface area contributed by atoms with Crippen LogP contribution in [0, 0.1) is 3.57 Å². The van der Waals surface area contributed by atoms with Crippen molar-refractivity contribution in [2.75, 3.05) is 7.11 Å². The molecule has 94 valence electrons. The van der Waals surface area contributed by atoms with Crippen molar-refractivity contribution >= 4 is 34.2 Å². The van der Waals surface area contributed by atoms with E-state index < -0.39 is 0 Å². The predicted molar refractivity (Wildman–Crippen MR) is 80.0 cm³/mol. The van der Waals surface area contributed by atoms with Gasteiger partial charge < -0.3 is 4.74 Å². The average molecular weight is 375 g/mol. The van der Waals surface area contributed by atoms with Crippen molar-refractivity contribution in [3.63, 3.8) is 0 Å². The van der Waals surface area contributed by atoms with E-state index >= 15 is 0 Å². The van der Waals surface area contributed by atoms with Crippen molar-refractivity contribution in [2.24, 2.45) is 0 Å². The van der Waals surface area contributed by atoms with Crippen LogP contribution in [-0.2, 0) is 6.42 Å². The molecule has 3 nitrogen and oxygen atoms in total. The molecule has 1 atom stereocenters. The highest BCUT2D eigenvalue weighted by Crippen LogP contribution is 2.28. The van der Waals surface area contributed by atoms with Crippen LogP contribution in [0.3, 0.4) is 0 Å². The van der Waals surface area contributed by atoms with Crippen LogP contribution in [0.15, 0.2) is 36.7 Å². The zero-order chi connectivity index (χ0) is 13.0. The molecule has 1 unspecified atom stereocenters. The molecule has 2 aromatic rings. The van der Waals surface area contributed by atoms with Crippen LogP contribution in [0.25, 0.3) is 0 Å². The van der Waals surface area contributed by atoms with Crippen molar-refractivity contribution in [1.29, 1.82) is 0 Å². The second kappa shape index (κ2) is 6.33. The highest BCUT2D eigenvalue weighted by Gasteiger charge is 2.13. The van der Waals surface area contributed by atoms with Crippen molar-refractivity contribution in [1.82, 2.24) is 9.97 Å². The Bertz CT molecular complexity index is 536. The van der Waals surface area contributed by atoms with Gasteiger partial charge in [0, 0.05) is 21.8 Å². The minimum Gasteiger partial charge on any atom is -0.481 e. The summed E-state index contributed by atoms with van der Waals surface area (Å²) >= 11 is 8.73. The first-order valence-electron chi connectivity index (χ1n) is 5.44. The molecule has 0 amide bonds. The first kappa shape index (κ1) is 13.5. The van der Waals surface area contributed by atoms with Crippen molar-refractivity contribution in [3.05, 3.63) is 51.5 Å². The number of hydrogen-bond acceptors (Lipinski definition) is 3. The lowest BCUT2D eigenvalue weighted by atomic mass is 10.1. The zero-order valence-electron chi connectivity index (χ0n) is 9.81. The fraction of sp³-hybridized carbons (Fsp3) is 0.231. The molecule has 0 fully saturated rings. The molecule has 2 rings (SSSR count). The van der Waals surface area contributed by atoms with E-state index in [4.69, 9.17) is 16.3 Å². The van der Waals surface area contributed by atoms with Crippen LogP contribution in [-0.4, -0.2) is 17.1 Å². The topological polar surface area (TPSA) is 35.0 Å². The maximum atomic E-state index is 6.44. The number of aromatic nitrogens is 2. The Morgan fingerprint density at radius 2 is 2.11 bits per heavy atom. The van der Waals surface area contributed by atoms with Crippen LogP contribution in [0.1, 0.15) is 16.6 Å². The lowest BCUT2D eigenvalue weighted by molar-refractivity contribution is 0.396. The Balaban J connectivity index is 2.16. The van der Waals surface area contributed by atoms with E-state index in [-0.39, 0.29) is 5.38 Å². The van der Waals surface area contributed by atoms with E-state index in [1.165, 1.54) is 6.33 Å². The molecular weight excluding hydrogens is 363 g/mol. The molecule has 5 heteroatoms. The molecular formula is C13H12ClIN2O. The molecule has 0 N–H and O–H groups in total. The van der Waals surface area contributed by atoms with Gasteiger partial charge in [-0.25, -0.2) is 9.97 Å². The molecule has 0 saturated carbocycles. The lowest BCUT2D eigenvalue weighted by Crippen LogP contribution is -2.01. The third kappa shape index (κ3) is 3.32. The second-order valence-corrected chi connectivity index (χ2v) is 5.43. The summed E-state index contributed by atoms with van der Waals surface area (Å²) in [4.78, 5) is 8.18. The Morgan fingerprint density at radius 3 is 2.83 bits per heavy atom. The summed E-state index contributed by atoms with van der Waals surface area (Å²) in [6, 6.07) is 9.89. The van der Waals surface area contributed by atoms with Crippen molar-refractivity contribution in [2.45, 2.75) is 11.8 Å². The van der Waals surface area contributed by atoms with Crippen LogP contribution >= 0.6 is 34.2 Å².